The number of hydrogen-bond donors (Lipinski definition) is 2. The largest absolute Gasteiger partial charge is 0.481 e. The molecule has 1 aromatic carbocycles. The Hall–Kier alpha value is -2.24. The monoisotopic (exact) mass is 293 g/mol. The van der Waals surface area contributed by atoms with Gasteiger partial charge in [-0.15, -0.1) is 0 Å². The van der Waals surface area contributed by atoms with Gasteiger partial charge in [-0.3, -0.25) is 4.79 Å². The number of rotatable bonds is 7. The third-order valence-electron chi connectivity index (χ3n) is 3.04. The van der Waals surface area contributed by atoms with E-state index in [0.717, 1.165) is 11.3 Å². The van der Waals surface area contributed by atoms with Crippen molar-refractivity contribution in [2.24, 2.45) is 0 Å². The summed E-state index contributed by atoms with van der Waals surface area (Å²) < 4.78 is 0. The van der Waals surface area contributed by atoms with Gasteiger partial charge in [0.25, 0.3) is 0 Å². The van der Waals surface area contributed by atoms with Crippen molar-refractivity contribution in [3.8, 4) is 0 Å². The molecule has 0 fully saturated rings. The molecule has 0 saturated heterocycles. The van der Waals surface area contributed by atoms with Crippen molar-refractivity contribution in [2.75, 3.05) is 32.6 Å². The minimum Gasteiger partial charge on any atom is -0.481 e. The van der Waals surface area contributed by atoms with E-state index in [-0.39, 0.29) is 12.5 Å². The van der Waals surface area contributed by atoms with Crippen LogP contribution in [0.25, 0.3) is 0 Å². The summed E-state index contributed by atoms with van der Waals surface area (Å²) in [5.41, 5.74) is 2.13. The lowest BCUT2D eigenvalue weighted by atomic mass is 10.2. The molecular weight excluding hydrogens is 270 g/mol. The van der Waals surface area contributed by atoms with E-state index in [9.17, 15) is 9.59 Å². The summed E-state index contributed by atoms with van der Waals surface area (Å²) in [6, 6.07) is 7.78. The lowest BCUT2D eigenvalue weighted by Crippen LogP contribution is -2.37. The second kappa shape index (κ2) is 8.14. The van der Waals surface area contributed by atoms with Crippen LogP contribution in [0.4, 0.5) is 10.5 Å². The molecule has 0 radical (unpaired) electrons. The molecule has 0 unspecified atom stereocenters. The minimum absolute atomic E-state index is 0.0644. The number of carboxylic acid groups (broad SMARTS) is 1. The lowest BCUT2D eigenvalue weighted by molar-refractivity contribution is -0.137. The molecule has 0 aliphatic carbocycles. The molecule has 0 spiro atoms. The van der Waals surface area contributed by atoms with Gasteiger partial charge in [0.1, 0.15) is 0 Å². The van der Waals surface area contributed by atoms with E-state index in [1.54, 1.807) is 11.9 Å². The van der Waals surface area contributed by atoms with E-state index in [1.165, 1.54) is 0 Å². The van der Waals surface area contributed by atoms with Gasteiger partial charge in [-0.1, -0.05) is 12.1 Å². The van der Waals surface area contributed by atoms with Crippen molar-refractivity contribution >= 4 is 17.7 Å². The molecule has 0 saturated carbocycles. The first-order valence-corrected chi connectivity index (χ1v) is 6.87. The topological polar surface area (TPSA) is 72.9 Å². The van der Waals surface area contributed by atoms with Crippen molar-refractivity contribution in [3.05, 3.63) is 29.8 Å². The van der Waals surface area contributed by atoms with Crippen LogP contribution in [0.1, 0.15) is 18.4 Å². The van der Waals surface area contributed by atoms with E-state index in [4.69, 9.17) is 5.11 Å². The Morgan fingerprint density at radius 1 is 1.24 bits per heavy atom. The molecule has 6 nitrogen and oxygen atoms in total. The number of nitrogens with zero attached hydrogens (tertiary/aromatic N) is 2. The van der Waals surface area contributed by atoms with Crippen LogP contribution in [0.2, 0.25) is 0 Å². The number of carbonyl (C=O) groups is 2. The summed E-state index contributed by atoms with van der Waals surface area (Å²) in [7, 11) is 5.66. The summed E-state index contributed by atoms with van der Waals surface area (Å²) in [5, 5.41) is 11.2. The minimum atomic E-state index is -0.849. The van der Waals surface area contributed by atoms with Crippen LogP contribution in [0.15, 0.2) is 24.3 Å². The zero-order valence-electron chi connectivity index (χ0n) is 12.8. The molecule has 0 aromatic heterocycles. The van der Waals surface area contributed by atoms with Gasteiger partial charge in [0.2, 0.25) is 0 Å². The summed E-state index contributed by atoms with van der Waals surface area (Å²) in [4.78, 5) is 25.8. The van der Waals surface area contributed by atoms with E-state index in [0.29, 0.717) is 19.5 Å². The third kappa shape index (κ3) is 6.16. The summed E-state index contributed by atoms with van der Waals surface area (Å²) in [5.74, 6) is -0.849. The second-order valence-corrected chi connectivity index (χ2v) is 5.15. The quantitative estimate of drug-likeness (QED) is 0.751. The van der Waals surface area contributed by atoms with Crippen LogP contribution < -0.4 is 10.2 Å². The Bertz CT molecular complexity index is 489. The molecule has 0 bridgehead atoms. The van der Waals surface area contributed by atoms with Crippen LogP contribution in [0.3, 0.4) is 0 Å². The normalized spacial score (nSPS) is 10.0. The Morgan fingerprint density at radius 3 is 2.57 bits per heavy atom. The van der Waals surface area contributed by atoms with Crippen LogP contribution in [-0.2, 0) is 11.3 Å². The predicted molar refractivity (Wildman–Crippen MR) is 82.5 cm³/mol. The molecule has 6 heteroatoms. The molecule has 0 atom stereocenters. The van der Waals surface area contributed by atoms with Crippen molar-refractivity contribution in [2.45, 2.75) is 19.4 Å². The molecule has 0 heterocycles. The van der Waals surface area contributed by atoms with E-state index in [2.05, 4.69) is 5.32 Å². The highest BCUT2D eigenvalue weighted by Gasteiger charge is 2.09. The third-order valence-corrected chi connectivity index (χ3v) is 3.04. The number of amides is 2. The van der Waals surface area contributed by atoms with Crippen molar-refractivity contribution in [3.63, 3.8) is 0 Å². The van der Waals surface area contributed by atoms with Gasteiger partial charge in [0, 0.05) is 46.3 Å². The first-order valence-electron chi connectivity index (χ1n) is 6.87. The van der Waals surface area contributed by atoms with Crippen LogP contribution >= 0.6 is 0 Å². The van der Waals surface area contributed by atoms with E-state index < -0.39 is 5.97 Å². The molecule has 1 aromatic rings. The molecule has 21 heavy (non-hydrogen) atoms. The predicted octanol–water partition coefficient (Wildman–Crippen LogP) is 1.76. The van der Waals surface area contributed by atoms with Gasteiger partial charge in [-0.05, 0) is 24.1 Å². The van der Waals surface area contributed by atoms with Gasteiger partial charge >= 0.3 is 12.0 Å². The van der Waals surface area contributed by atoms with Crippen LogP contribution in [0.5, 0.6) is 0 Å². The number of hydrogen-bond acceptors (Lipinski definition) is 3. The molecule has 2 amide bonds. The van der Waals surface area contributed by atoms with E-state index in [1.807, 2.05) is 43.3 Å². The Labute approximate surface area is 125 Å². The molecule has 0 aliphatic heterocycles. The number of anilines is 1. The molecular formula is C15H23N3O3. The highest BCUT2D eigenvalue weighted by atomic mass is 16.4. The standard InChI is InChI=1S/C15H23N3O3/c1-17(2)13-7-4-6-12(10-13)11-18(3)15(21)16-9-5-8-14(19)20/h4,6-7,10H,5,8-9,11H2,1-3H3,(H,16,21)(H,19,20). The number of aliphatic carboxylic acids is 1. The Balaban J connectivity index is 2.44. The fourth-order valence-electron chi connectivity index (χ4n) is 1.85. The average molecular weight is 293 g/mol. The van der Waals surface area contributed by atoms with Crippen LogP contribution in [-0.4, -0.2) is 49.7 Å². The highest BCUT2D eigenvalue weighted by Crippen LogP contribution is 2.14. The smallest absolute Gasteiger partial charge is 0.317 e. The molecule has 116 valence electrons. The number of benzene rings is 1. The number of nitrogens with one attached hydrogen (secondary N) is 1. The van der Waals surface area contributed by atoms with Gasteiger partial charge in [-0.2, -0.15) is 0 Å². The SMILES string of the molecule is CN(Cc1cccc(N(C)C)c1)C(=O)NCCCC(=O)O. The highest BCUT2D eigenvalue weighted by molar-refractivity contribution is 5.74. The number of carbonyl (C=O) groups excluding carboxylic acids is 1. The number of urea groups is 1. The fourth-order valence-corrected chi connectivity index (χ4v) is 1.85. The van der Waals surface area contributed by atoms with Gasteiger partial charge in [-0.25, -0.2) is 4.79 Å². The maximum atomic E-state index is 11.9. The number of carboxylic acids is 1. The van der Waals surface area contributed by atoms with E-state index >= 15 is 0 Å². The summed E-state index contributed by atoms with van der Waals surface area (Å²) in [6.45, 7) is 0.875. The summed E-state index contributed by atoms with van der Waals surface area (Å²) in [6.07, 6.45) is 0.500. The molecule has 1 rings (SSSR count). The Kier molecular flexibility index (Phi) is 6.52. The summed E-state index contributed by atoms with van der Waals surface area (Å²) >= 11 is 0. The molecule has 2 N–H and O–H groups in total. The average Bonchev–Trinajstić information content (AvgIpc) is 2.43. The van der Waals surface area contributed by atoms with Crippen LogP contribution in [0, 0.1) is 0 Å². The van der Waals surface area contributed by atoms with Gasteiger partial charge < -0.3 is 20.2 Å². The zero-order chi connectivity index (χ0) is 15.8. The first-order chi connectivity index (χ1) is 9.90. The van der Waals surface area contributed by atoms with Gasteiger partial charge in [0.05, 0.1) is 0 Å². The maximum absolute atomic E-state index is 11.9. The Morgan fingerprint density at radius 2 is 1.95 bits per heavy atom. The molecule has 0 aliphatic rings. The fraction of sp³-hybridized carbons (Fsp3) is 0.467. The van der Waals surface area contributed by atoms with Gasteiger partial charge in [0.15, 0.2) is 0 Å². The van der Waals surface area contributed by atoms with Crippen molar-refractivity contribution in [1.82, 2.24) is 10.2 Å². The lowest BCUT2D eigenvalue weighted by Gasteiger charge is -2.19. The first kappa shape index (κ1) is 16.8. The maximum Gasteiger partial charge on any atom is 0.317 e. The zero-order valence-corrected chi connectivity index (χ0v) is 12.8. The van der Waals surface area contributed by atoms with Crippen molar-refractivity contribution in [1.29, 1.82) is 0 Å². The van der Waals surface area contributed by atoms with Crippen molar-refractivity contribution < 1.29 is 14.7 Å². The second-order valence-electron chi connectivity index (χ2n) is 5.15.